The van der Waals surface area contributed by atoms with Gasteiger partial charge < -0.3 is 14.6 Å². The van der Waals surface area contributed by atoms with Gasteiger partial charge in [0.1, 0.15) is 0 Å². The van der Waals surface area contributed by atoms with Gasteiger partial charge in [-0.3, -0.25) is 4.79 Å². The predicted octanol–water partition coefficient (Wildman–Crippen LogP) is 2.51. The van der Waals surface area contributed by atoms with Crippen LogP contribution in [0, 0.1) is 6.92 Å². The smallest absolute Gasteiger partial charge is 0.305 e. The molecule has 0 aliphatic carbocycles. The number of carboxylic acids is 1. The van der Waals surface area contributed by atoms with Crippen LogP contribution in [0.3, 0.4) is 0 Å². The van der Waals surface area contributed by atoms with E-state index in [9.17, 15) is 18.3 Å². The zero-order valence-electron chi connectivity index (χ0n) is 14.7. The fourth-order valence-corrected chi connectivity index (χ4v) is 3.67. The average molecular weight is 379 g/mol. The number of aryl methyl sites for hydroxylation is 1. The Hall–Kier alpha value is -2.58. The minimum absolute atomic E-state index is 0.0685. The summed E-state index contributed by atoms with van der Waals surface area (Å²) in [6.45, 7) is 1.85. The molecule has 0 spiro atoms. The van der Waals surface area contributed by atoms with Crippen LogP contribution in [0.15, 0.2) is 47.4 Å². The van der Waals surface area contributed by atoms with E-state index in [1.54, 1.807) is 30.3 Å². The first-order valence-electron chi connectivity index (χ1n) is 7.79. The molecule has 8 heteroatoms. The second kappa shape index (κ2) is 8.20. The summed E-state index contributed by atoms with van der Waals surface area (Å²) in [4.78, 5) is 11.3. The monoisotopic (exact) mass is 379 g/mol. The Bertz CT molecular complexity index is 877. The quantitative estimate of drug-likeness (QED) is 0.731. The molecular weight excluding hydrogens is 358 g/mol. The van der Waals surface area contributed by atoms with Crippen LogP contribution in [0.1, 0.15) is 23.6 Å². The molecule has 2 N–H and O–H groups in total. The summed E-state index contributed by atoms with van der Waals surface area (Å²) in [7, 11) is -0.963. The summed E-state index contributed by atoms with van der Waals surface area (Å²) in [5.74, 6) is -0.280. The highest BCUT2D eigenvalue weighted by Gasteiger charge is 2.24. The highest BCUT2D eigenvalue weighted by molar-refractivity contribution is 7.89. The van der Waals surface area contributed by atoms with E-state index in [4.69, 9.17) is 9.47 Å². The number of nitrogens with one attached hydrogen (secondary N) is 1. The van der Waals surface area contributed by atoms with E-state index in [0.29, 0.717) is 17.1 Å². The highest BCUT2D eigenvalue weighted by atomic mass is 32.2. The number of aliphatic carboxylic acids is 1. The van der Waals surface area contributed by atoms with Crippen molar-refractivity contribution in [2.45, 2.75) is 24.3 Å². The average Bonchev–Trinajstić information content (AvgIpc) is 2.60. The van der Waals surface area contributed by atoms with E-state index in [1.165, 1.54) is 26.4 Å². The maximum Gasteiger partial charge on any atom is 0.305 e. The van der Waals surface area contributed by atoms with Gasteiger partial charge in [-0.15, -0.1) is 0 Å². The lowest BCUT2D eigenvalue weighted by Crippen LogP contribution is -2.30. The van der Waals surface area contributed by atoms with Crippen molar-refractivity contribution in [1.29, 1.82) is 0 Å². The van der Waals surface area contributed by atoms with E-state index in [2.05, 4.69) is 4.72 Å². The summed E-state index contributed by atoms with van der Waals surface area (Å²) < 4.78 is 38.1. The van der Waals surface area contributed by atoms with Gasteiger partial charge in [-0.2, -0.15) is 0 Å². The van der Waals surface area contributed by atoms with Crippen molar-refractivity contribution in [2.24, 2.45) is 0 Å². The van der Waals surface area contributed by atoms with Crippen LogP contribution >= 0.6 is 0 Å². The molecule has 0 bridgehead atoms. The van der Waals surface area contributed by atoms with Gasteiger partial charge in [0, 0.05) is 0 Å². The normalized spacial score (nSPS) is 12.4. The molecule has 0 amide bonds. The molecule has 0 aliphatic rings. The van der Waals surface area contributed by atoms with Gasteiger partial charge >= 0.3 is 5.97 Å². The van der Waals surface area contributed by atoms with E-state index < -0.39 is 28.5 Å². The van der Waals surface area contributed by atoms with Gasteiger partial charge in [0.2, 0.25) is 10.0 Å². The van der Waals surface area contributed by atoms with Crippen LogP contribution in [0.4, 0.5) is 0 Å². The molecule has 2 aromatic rings. The van der Waals surface area contributed by atoms with Gasteiger partial charge in [0.15, 0.2) is 11.5 Å². The fraction of sp³-hybridized carbons (Fsp3) is 0.278. The second-order valence-electron chi connectivity index (χ2n) is 5.70. The largest absolute Gasteiger partial charge is 0.493 e. The highest BCUT2D eigenvalue weighted by Crippen LogP contribution is 2.31. The third-order valence-electron chi connectivity index (χ3n) is 3.82. The number of hydrogen-bond donors (Lipinski definition) is 2. The zero-order valence-corrected chi connectivity index (χ0v) is 15.5. The minimum atomic E-state index is -3.89. The first kappa shape index (κ1) is 19.7. The van der Waals surface area contributed by atoms with Crippen LogP contribution < -0.4 is 14.2 Å². The van der Waals surface area contributed by atoms with Crippen molar-refractivity contribution < 1.29 is 27.8 Å². The number of carbonyl (C=O) groups is 1. The molecule has 0 radical (unpaired) electrons. The number of sulfonamides is 1. The lowest BCUT2D eigenvalue weighted by Gasteiger charge is -2.19. The minimum Gasteiger partial charge on any atom is -0.493 e. The van der Waals surface area contributed by atoms with Crippen LogP contribution in [0.2, 0.25) is 0 Å². The summed E-state index contributed by atoms with van der Waals surface area (Å²) in [5, 5.41) is 9.19. The summed E-state index contributed by atoms with van der Waals surface area (Å²) in [6, 6.07) is 10.1. The van der Waals surface area contributed by atoms with Gasteiger partial charge in [-0.1, -0.05) is 23.8 Å². The Labute approximate surface area is 152 Å². The molecule has 2 aromatic carbocycles. The molecular formula is C18H21NO6S. The van der Waals surface area contributed by atoms with Crippen LogP contribution in [-0.2, 0) is 14.8 Å². The fourth-order valence-electron chi connectivity index (χ4n) is 2.44. The molecule has 2 rings (SSSR count). The molecule has 0 saturated heterocycles. The summed E-state index contributed by atoms with van der Waals surface area (Å²) in [6.07, 6.45) is -0.416. The van der Waals surface area contributed by atoms with Crippen molar-refractivity contribution in [3.63, 3.8) is 0 Å². The standard InChI is InChI=1S/C18H21NO6S/c1-12-4-7-14(8-5-12)26(22,23)19-15(11-18(20)21)13-6-9-16(24-2)17(10-13)25-3/h4-10,15,19H,11H2,1-3H3,(H,20,21)/t15-/m1/s1. The Morgan fingerprint density at radius 1 is 1.08 bits per heavy atom. The number of hydrogen-bond acceptors (Lipinski definition) is 5. The molecule has 0 saturated carbocycles. The molecule has 0 heterocycles. The Morgan fingerprint density at radius 3 is 2.23 bits per heavy atom. The van der Waals surface area contributed by atoms with Crippen molar-refractivity contribution in [1.82, 2.24) is 4.72 Å². The molecule has 0 aromatic heterocycles. The van der Waals surface area contributed by atoms with Crippen LogP contribution in [-0.4, -0.2) is 33.7 Å². The molecule has 0 unspecified atom stereocenters. The van der Waals surface area contributed by atoms with E-state index in [-0.39, 0.29) is 4.90 Å². The summed E-state index contributed by atoms with van der Waals surface area (Å²) in [5.41, 5.74) is 1.38. The van der Waals surface area contributed by atoms with Crippen LogP contribution in [0.5, 0.6) is 11.5 Å². The summed E-state index contributed by atoms with van der Waals surface area (Å²) >= 11 is 0. The number of rotatable bonds is 8. The third kappa shape index (κ3) is 4.74. The lowest BCUT2D eigenvalue weighted by atomic mass is 10.0. The Kier molecular flexibility index (Phi) is 6.23. The first-order chi connectivity index (χ1) is 12.3. The zero-order chi connectivity index (χ0) is 19.3. The van der Waals surface area contributed by atoms with Gasteiger partial charge in [0.25, 0.3) is 0 Å². The van der Waals surface area contributed by atoms with Crippen molar-refractivity contribution >= 4 is 16.0 Å². The molecule has 1 atom stereocenters. The number of ether oxygens (including phenoxy) is 2. The first-order valence-corrected chi connectivity index (χ1v) is 9.28. The molecule has 7 nitrogen and oxygen atoms in total. The third-order valence-corrected chi connectivity index (χ3v) is 5.30. The van der Waals surface area contributed by atoms with Crippen LogP contribution in [0.25, 0.3) is 0 Å². The van der Waals surface area contributed by atoms with E-state index in [1.807, 2.05) is 6.92 Å². The Morgan fingerprint density at radius 2 is 1.69 bits per heavy atom. The van der Waals surface area contributed by atoms with Crippen molar-refractivity contribution in [3.05, 3.63) is 53.6 Å². The van der Waals surface area contributed by atoms with E-state index in [0.717, 1.165) is 5.56 Å². The maximum atomic E-state index is 12.6. The SMILES string of the molecule is COc1ccc([C@@H](CC(=O)O)NS(=O)(=O)c2ccc(C)cc2)cc1OC. The Balaban J connectivity index is 2.38. The van der Waals surface area contributed by atoms with Gasteiger partial charge in [-0.05, 0) is 36.8 Å². The van der Waals surface area contributed by atoms with Gasteiger partial charge in [-0.25, -0.2) is 13.1 Å². The van der Waals surface area contributed by atoms with Gasteiger partial charge in [0.05, 0.1) is 31.6 Å². The predicted molar refractivity (Wildman–Crippen MR) is 96.0 cm³/mol. The van der Waals surface area contributed by atoms with Crippen molar-refractivity contribution in [3.8, 4) is 11.5 Å². The number of methoxy groups -OCH3 is 2. The molecule has 0 fully saturated rings. The number of benzene rings is 2. The molecule has 140 valence electrons. The topological polar surface area (TPSA) is 102 Å². The lowest BCUT2D eigenvalue weighted by molar-refractivity contribution is -0.137. The molecule has 0 aliphatic heterocycles. The van der Waals surface area contributed by atoms with E-state index >= 15 is 0 Å². The second-order valence-corrected chi connectivity index (χ2v) is 7.41. The number of carboxylic acid groups (broad SMARTS) is 1. The maximum absolute atomic E-state index is 12.6. The molecule has 26 heavy (non-hydrogen) atoms. The van der Waals surface area contributed by atoms with Crippen molar-refractivity contribution in [2.75, 3.05) is 14.2 Å².